The average Bonchev–Trinajstić information content (AvgIpc) is 2.30. The van der Waals surface area contributed by atoms with Crippen molar-refractivity contribution in [2.24, 2.45) is 0 Å². The number of hydrogen-bond acceptors (Lipinski definition) is 3. The minimum atomic E-state index is -0.0895. The SMILES string of the molecule is Cc1cc(Br)cc(CO)c1OCCC(=O)NC(C)C. The zero-order chi connectivity index (χ0) is 14.4. The lowest BCUT2D eigenvalue weighted by Crippen LogP contribution is -2.31. The van der Waals surface area contributed by atoms with Gasteiger partial charge < -0.3 is 15.2 Å². The molecule has 5 heteroatoms. The molecule has 0 spiro atoms. The van der Waals surface area contributed by atoms with Crippen LogP contribution in [-0.2, 0) is 11.4 Å². The number of carbonyl (C=O) groups is 1. The molecule has 0 unspecified atom stereocenters. The third kappa shape index (κ3) is 5.20. The molecule has 0 fully saturated rings. The predicted octanol–water partition coefficient (Wildman–Crippen LogP) is 2.54. The number of halogens is 1. The van der Waals surface area contributed by atoms with Crippen molar-refractivity contribution in [1.29, 1.82) is 0 Å². The number of hydrogen-bond donors (Lipinski definition) is 2. The van der Waals surface area contributed by atoms with Crippen molar-refractivity contribution in [1.82, 2.24) is 5.32 Å². The highest BCUT2D eigenvalue weighted by Gasteiger charge is 2.10. The average molecular weight is 330 g/mol. The Morgan fingerprint density at radius 2 is 2.16 bits per heavy atom. The Labute approximate surface area is 122 Å². The van der Waals surface area contributed by atoms with E-state index < -0.39 is 0 Å². The molecule has 0 bridgehead atoms. The molecule has 19 heavy (non-hydrogen) atoms. The summed E-state index contributed by atoms with van der Waals surface area (Å²) in [4.78, 5) is 11.5. The van der Waals surface area contributed by atoms with Gasteiger partial charge in [0, 0.05) is 16.1 Å². The van der Waals surface area contributed by atoms with Crippen LogP contribution in [0.15, 0.2) is 16.6 Å². The maximum Gasteiger partial charge on any atom is 0.223 e. The Kier molecular flexibility index (Phi) is 6.31. The van der Waals surface area contributed by atoms with E-state index in [0.717, 1.165) is 15.6 Å². The molecule has 1 aromatic carbocycles. The first-order chi connectivity index (χ1) is 8.93. The normalized spacial score (nSPS) is 10.6. The predicted molar refractivity (Wildman–Crippen MR) is 78.2 cm³/mol. The number of carbonyl (C=O) groups excluding carboxylic acids is 1. The summed E-state index contributed by atoms with van der Waals surface area (Å²) in [7, 11) is 0. The maximum absolute atomic E-state index is 11.5. The summed E-state index contributed by atoms with van der Waals surface area (Å²) in [5.74, 6) is 0.623. The van der Waals surface area contributed by atoms with Gasteiger partial charge in [-0.1, -0.05) is 15.9 Å². The molecule has 0 radical (unpaired) electrons. The van der Waals surface area contributed by atoms with E-state index in [0.29, 0.717) is 18.8 Å². The van der Waals surface area contributed by atoms with Crippen molar-refractivity contribution in [3.8, 4) is 5.75 Å². The third-order valence-corrected chi connectivity index (χ3v) is 2.97. The van der Waals surface area contributed by atoms with Gasteiger partial charge in [-0.05, 0) is 38.5 Å². The van der Waals surface area contributed by atoms with Crippen LogP contribution in [0.25, 0.3) is 0 Å². The smallest absolute Gasteiger partial charge is 0.223 e. The molecule has 0 aliphatic rings. The van der Waals surface area contributed by atoms with Crippen LogP contribution in [-0.4, -0.2) is 23.7 Å². The second kappa shape index (κ2) is 7.50. The molecule has 0 saturated heterocycles. The summed E-state index contributed by atoms with van der Waals surface area (Å²) in [6.07, 6.45) is 0.304. The van der Waals surface area contributed by atoms with Crippen LogP contribution in [0.1, 0.15) is 31.4 Å². The van der Waals surface area contributed by atoms with E-state index in [2.05, 4.69) is 21.2 Å². The molecule has 1 aromatic rings. The number of ether oxygens (including phenoxy) is 1. The van der Waals surface area contributed by atoms with E-state index in [-0.39, 0.29) is 18.6 Å². The molecule has 0 aromatic heterocycles. The number of aliphatic hydroxyl groups excluding tert-OH is 1. The van der Waals surface area contributed by atoms with Crippen molar-refractivity contribution in [3.05, 3.63) is 27.7 Å². The van der Waals surface area contributed by atoms with Crippen LogP contribution in [0.4, 0.5) is 0 Å². The highest BCUT2D eigenvalue weighted by atomic mass is 79.9. The zero-order valence-corrected chi connectivity index (χ0v) is 13.1. The summed E-state index contributed by atoms with van der Waals surface area (Å²) in [6, 6.07) is 3.87. The van der Waals surface area contributed by atoms with Crippen LogP contribution in [0, 0.1) is 6.92 Å². The largest absolute Gasteiger partial charge is 0.492 e. The maximum atomic E-state index is 11.5. The van der Waals surface area contributed by atoms with Gasteiger partial charge in [-0.25, -0.2) is 0 Å². The Morgan fingerprint density at radius 1 is 1.47 bits per heavy atom. The van der Waals surface area contributed by atoms with Crippen LogP contribution in [0.5, 0.6) is 5.75 Å². The molecule has 2 N–H and O–H groups in total. The van der Waals surface area contributed by atoms with Gasteiger partial charge in [0.2, 0.25) is 5.91 Å². The number of rotatable bonds is 6. The lowest BCUT2D eigenvalue weighted by Gasteiger charge is -2.14. The minimum absolute atomic E-state index is 0.0321. The molecular weight excluding hydrogens is 310 g/mol. The fourth-order valence-corrected chi connectivity index (χ4v) is 2.38. The van der Waals surface area contributed by atoms with Gasteiger partial charge in [-0.3, -0.25) is 4.79 Å². The highest BCUT2D eigenvalue weighted by molar-refractivity contribution is 9.10. The summed E-state index contributed by atoms with van der Waals surface area (Å²) >= 11 is 3.38. The molecule has 1 amide bonds. The summed E-state index contributed by atoms with van der Waals surface area (Å²) in [6.45, 7) is 5.96. The number of amides is 1. The van der Waals surface area contributed by atoms with E-state index in [1.165, 1.54) is 0 Å². The summed E-state index contributed by atoms with van der Waals surface area (Å²) in [5.41, 5.74) is 1.65. The summed E-state index contributed by atoms with van der Waals surface area (Å²) < 4.78 is 6.53. The molecule has 0 aliphatic carbocycles. The van der Waals surface area contributed by atoms with Gasteiger partial charge in [0.25, 0.3) is 0 Å². The van der Waals surface area contributed by atoms with Crippen molar-refractivity contribution in [3.63, 3.8) is 0 Å². The molecule has 1 rings (SSSR count). The first kappa shape index (κ1) is 16.0. The standard InChI is InChI=1S/C14H20BrNO3/c1-9(2)16-13(18)4-5-19-14-10(3)6-12(15)7-11(14)8-17/h6-7,9,17H,4-5,8H2,1-3H3,(H,16,18). The fraction of sp³-hybridized carbons (Fsp3) is 0.500. The molecule has 0 saturated carbocycles. The van der Waals surface area contributed by atoms with Crippen LogP contribution >= 0.6 is 15.9 Å². The van der Waals surface area contributed by atoms with Gasteiger partial charge in [0.15, 0.2) is 0 Å². The lowest BCUT2D eigenvalue weighted by atomic mass is 10.1. The van der Waals surface area contributed by atoms with Gasteiger partial charge in [0.1, 0.15) is 5.75 Å². The van der Waals surface area contributed by atoms with E-state index in [1.807, 2.05) is 32.9 Å². The first-order valence-corrected chi connectivity index (χ1v) is 7.05. The van der Waals surface area contributed by atoms with E-state index in [4.69, 9.17) is 4.74 Å². The molecule has 4 nitrogen and oxygen atoms in total. The molecule has 0 heterocycles. The van der Waals surface area contributed by atoms with Crippen LogP contribution < -0.4 is 10.1 Å². The highest BCUT2D eigenvalue weighted by Crippen LogP contribution is 2.28. The van der Waals surface area contributed by atoms with Crippen molar-refractivity contribution in [2.45, 2.75) is 39.8 Å². The second-order valence-corrected chi connectivity index (χ2v) is 5.61. The van der Waals surface area contributed by atoms with Gasteiger partial charge in [-0.2, -0.15) is 0 Å². The van der Waals surface area contributed by atoms with Crippen molar-refractivity contribution in [2.75, 3.05) is 6.61 Å². The number of benzene rings is 1. The number of aliphatic hydroxyl groups is 1. The second-order valence-electron chi connectivity index (χ2n) is 4.69. The Balaban J connectivity index is 2.60. The van der Waals surface area contributed by atoms with Gasteiger partial charge in [-0.15, -0.1) is 0 Å². The van der Waals surface area contributed by atoms with Crippen LogP contribution in [0.3, 0.4) is 0 Å². The van der Waals surface area contributed by atoms with Gasteiger partial charge >= 0.3 is 0 Å². The van der Waals surface area contributed by atoms with E-state index in [1.54, 1.807) is 0 Å². The van der Waals surface area contributed by atoms with E-state index in [9.17, 15) is 9.90 Å². The fourth-order valence-electron chi connectivity index (χ4n) is 1.76. The minimum Gasteiger partial charge on any atom is -0.492 e. The lowest BCUT2D eigenvalue weighted by molar-refractivity contribution is -0.122. The molecule has 0 atom stereocenters. The Hall–Kier alpha value is -1.07. The Bertz CT molecular complexity index is 447. The zero-order valence-electron chi connectivity index (χ0n) is 11.5. The quantitative estimate of drug-likeness (QED) is 0.843. The van der Waals surface area contributed by atoms with Crippen LogP contribution in [0.2, 0.25) is 0 Å². The summed E-state index contributed by atoms with van der Waals surface area (Å²) in [5, 5.41) is 12.1. The monoisotopic (exact) mass is 329 g/mol. The van der Waals surface area contributed by atoms with Gasteiger partial charge in [0.05, 0.1) is 19.6 Å². The topological polar surface area (TPSA) is 58.6 Å². The number of aryl methyl sites for hydroxylation is 1. The van der Waals surface area contributed by atoms with Crippen molar-refractivity contribution >= 4 is 21.8 Å². The number of nitrogens with one attached hydrogen (secondary N) is 1. The molecule has 0 aliphatic heterocycles. The first-order valence-electron chi connectivity index (χ1n) is 6.26. The molecular formula is C14H20BrNO3. The Morgan fingerprint density at radius 3 is 2.74 bits per heavy atom. The van der Waals surface area contributed by atoms with E-state index >= 15 is 0 Å². The molecule has 106 valence electrons. The van der Waals surface area contributed by atoms with Crippen molar-refractivity contribution < 1.29 is 14.6 Å². The third-order valence-electron chi connectivity index (χ3n) is 2.51.